The number of fused-ring (bicyclic) bond motifs is 1. The monoisotopic (exact) mass is 140 g/mol. The summed E-state index contributed by atoms with van der Waals surface area (Å²) >= 11 is 0. The van der Waals surface area contributed by atoms with Crippen LogP contribution in [0.4, 0.5) is 4.79 Å². The molecule has 3 nitrogen and oxygen atoms in total. The molecule has 0 N–H and O–H groups in total. The maximum atomic E-state index is 10.5. The Morgan fingerprint density at radius 3 is 3.10 bits per heavy atom. The van der Waals surface area contributed by atoms with Crippen LogP contribution in [0.5, 0.6) is 0 Å². The zero-order valence-electron chi connectivity index (χ0n) is 5.72. The van der Waals surface area contributed by atoms with Gasteiger partial charge in [-0.15, -0.1) is 0 Å². The Morgan fingerprint density at radius 1 is 1.60 bits per heavy atom. The van der Waals surface area contributed by atoms with Gasteiger partial charge in [-0.3, -0.25) is 0 Å². The summed E-state index contributed by atoms with van der Waals surface area (Å²) in [6.07, 6.45) is 1.28. The minimum atomic E-state index is -0.543. The van der Waals surface area contributed by atoms with Gasteiger partial charge in [0.2, 0.25) is 0 Å². The van der Waals surface area contributed by atoms with Crippen LogP contribution in [0.15, 0.2) is 11.3 Å². The topological polar surface area (TPSA) is 35.5 Å². The average Bonchev–Trinajstić information content (AvgIpc) is 2.35. The number of hydrogen-bond acceptors (Lipinski definition) is 3. The molecule has 2 aliphatic rings. The molecule has 0 spiro atoms. The standard InChI is InChI=1S/C7H8O3/c1-4-2-3-5-6(4)10-7(8)9-5/h5H,2-3H2,1H3. The van der Waals surface area contributed by atoms with Crippen molar-refractivity contribution in [2.45, 2.75) is 25.9 Å². The molecule has 1 aliphatic heterocycles. The highest BCUT2D eigenvalue weighted by atomic mass is 16.8. The van der Waals surface area contributed by atoms with Gasteiger partial charge < -0.3 is 9.47 Å². The summed E-state index contributed by atoms with van der Waals surface area (Å²) in [4.78, 5) is 10.5. The van der Waals surface area contributed by atoms with Crippen molar-refractivity contribution in [2.75, 3.05) is 0 Å². The molecule has 1 atom stereocenters. The molecule has 1 heterocycles. The van der Waals surface area contributed by atoms with E-state index in [0.29, 0.717) is 0 Å². The molecule has 1 unspecified atom stereocenters. The molecule has 0 aromatic rings. The van der Waals surface area contributed by atoms with Crippen LogP contribution in [0.1, 0.15) is 19.8 Å². The van der Waals surface area contributed by atoms with Crippen molar-refractivity contribution in [2.24, 2.45) is 0 Å². The molecule has 1 aliphatic carbocycles. The van der Waals surface area contributed by atoms with Crippen molar-refractivity contribution in [3.05, 3.63) is 11.3 Å². The molecule has 1 saturated heterocycles. The van der Waals surface area contributed by atoms with Crippen molar-refractivity contribution < 1.29 is 14.3 Å². The van der Waals surface area contributed by atoms with Gasteiger partial charge in [0.05, 0.1) is 0 Å². The van der Waals surface area contributed by atoms with Crippen molar-refractivity contribution in [1.82, 2.24) is 0 Å². The lowest BCUT2D eigenvalue weighted by molar-refractivity contribution is 0.116. The van der Waals surface area contributed by atoms with E-state index in [2.05, 4.69) is 0 Å². The summed E-state index contributed by atoms with van der Waals surface area (Å²) in [6.45, 7) is 1.97. The van der Waals surface area contributed by atoms with E-state index in [0.717, 1.165) is 24.2 Å². The van der Waals surface area contributed by atoms with Crippen LogP contribution >= 0.6 is 0 Å². The van der Waals surface area contributed by atoms with E-state index in [1.165, 1.54) is 0 Å². The fraction of sp³-hybridized carbons (Fsp3) is 0.571. The maximum absolute atomic E-state index is 10.5. The first-order valence-corrected chi connectivity index (χ1v) is 3.35. The third kappa shape index (κ3) is 0.632. The molecule has 0 bridgehead atoms. The van der Waals surface area contributed by atoms with Crippen LogP contribution in [-0.4, -0.2) is 12.3 Å². The summed E-state index contributed by atoms with van der Waals surface area (Å²) in [5, 5.41) is 0. The Kier molecular flexibility index (Phi) is 1.01. The number of hydrogen-bond donors (Lipinski definition) is 0. The number of rotatable bonds is 0. The van der Waals surface area contributed by atoms with Crippen LogP contribution in [0.2, 0.25) is 0 Å². The van der Waals surface area contributed by atoms with E-state index < -0.39 is 6.16 Å². The molecule has 1 fully saturated rings. The summed E-state index contributed by atoms with van der Waals surface area (Å²) in [5.41, 5.74) is 1.15. The molecule has 10 heavy (non-hydrogen) atoms. The summed E-state index contributed by atoms with van der Waals surface area (Å²) in [7, 11) is 0. The smallest absolute Gasteiger partial charge is 0.422 e. The average molecular weight is 140 g/mol. The van der Waals surface area contributed by atoms with E-state index in [-0.39, 0.29) is 6.10 Å². The van der Waals surface area contributed by atoms with Gasteiger partial charge in [-0.2, -0.15) is 0 Å². The third-order valence-electron chi connectivity index (χ3n) is 1.93. The van der Waals surface area contributed by atoms with E-state index in [4.69, 9.17) is 9.47 Å². The van der Waals surface area contributed by atoms with Gasteiger partial charge in [-0.1, -0.05) is 0 Å². The first kappa shape index (κ1) is 5.77. The van der Waals surface area contributed by atoms with E-state index in [9.17, 15) is 4.79 Å². The normalized spacial score (nSPS) is 30.1. The lowest BCUT2D eigenvalue weighted by Crippen LogP contribution is -2.02. The van der Waals surface area contributed by atoms with Crippen LogP contribution in [-0.2, 0) is 9.47 Å². The quantitative estimate of drug-likeness (QED) is 0.479. The molecule has 0 saturated carbocycles. The highest BCUT2D eigenvalue weighted by molar-refractivity contribution is 5.65. The first-order valence-electron chi connectivity index (χ1n) is 3.35. The number of carbonyl (C=O) groups excluding carboxylic acids is 1. The molecule has 0 aromatic heterocycles. The van der Waals surface area contributed by atoms with Gasteiger partial charge in [-0.25, -0.2) is 4.79 Å². The lowest BCUT2D eigenvalue weighted by Gasteiger charge is -1.95. The minimum absolute atomic E-state index is 0.0625. The number of allylic oxidation sites excluding steroid dienone is 1. The van der Waals surface area contributed by atoms with E-state index >= 15 is 0 Å². The van der Waals surface area contributed by atoms with Crippen molar-refractivity contribution >= 4 is 6.16 Å². The second-order valence-electron chi connectivity index (χ2n) is 2.64. The molecule has 0 aromatic carbocycles. The Balaban J connectivity index is 2.31. The fourth-order valence-electron chi connectivity index (χ4n) is 1.37. The Hall–Kier alpha value is -0.990. The molecule has 0 radical (unpaired) electrons. The lowest BCUT2D eigenvalue weighted by atomic mass is 10.3. The van der Waals surface area contributed by atoms with Crippen molar-refractivity contribution in [1.29, 1.82) is 0 Å². The first-order chi connectivity index (χ1) is 4.77. The fourth-order valence-corrected chi connectivity index (χ4v) is 1.37. The Morgan fingerprint density at radius 2 is 2.40 bits per heavy atom. The molecule has 3 heteroatoms. The molecule has 54 valence electrons. The van der Waals surface area contributed by atoms with Crippen molar-refractivity contribution in [3.8, 4) is 0 Å². The maximum Gasteiger partial charge on any atom is 0.514 e. The molecular weight excluding hydrogens is 132 g/mol. The largest absolute Gasteiger partial charge is 0.514 e. The SMILES string of the molecule is CC1=C2OC(=O)OC2CC1. The van der Waals surface area contributed by atoms with Crippen LogP contribution in [0, 0.1) is 0 Å². The predicted molar refractivity (Wildman–Crippen MR) is 33.3 cm³/mol. The minimum Gasteiger partial charge on any atom is -0.422 e. The predicted octanol–water partition coefficient (Wildman–Crippen LogP) is 1.59. The van der Waals surface area contributed by atoms with Gasteiger partial charge >= 0.3 is 6.16 Å². The van der Waals surface area contributed by atoms with Gasteiger partial charge in [0.15, 0.2) is 11.9 Å². The van der Waals surface area contributed by atoms with Gasteiger partial charge in [0, 0.05) is 0 Å². The van der Waals surface area contributed by atoms with Crippen molar-refractivity contribution in [3.63, 3.8) is 0 Å². The zero-order chi connectivity index (χ0) is 7.14. The number of carbonyl (C=O) groups is 1. The second kappa shape index (κ2) is 1.75. The summed E-state index contributed by atoms with van der Waals surface area (Å²) in [5.74, 6) is 0.755. The third-order valence-corrected chi connectivity index (χ3v) is 1.93. The van der Waals surface area contributed by atoms with Gasteiger partial charge in [-0.05, 0) is 25.3 Å². The Bertz CT molecular complexity index is 217. The Labute approximate surface area is 58.6 Å². The highest BCUT2D eigenvalue weighted by Crippen LogP contribution is 2.34. The summed E-state index contributed by atoms with van der Waals surface area (Å²) < 4.78 is 9.65. The number of ether oxygens (including phenoxy) is 2. The second-order valence-corrected chi connectivity index (χ2v) is 2.64. The van der Waals surface area contributed by atoms with Crippen LogP contribution in [0.25, 0.3) is 0 Å². The zero-order valence-corrected chi connectivity index (χ0v) is 5.72. The van der Waals surface area contributed by atoms with Gasteiger partial charge in [0.1, 0.15) is 0 Å². The van der Waals surface area contributed by atoms with E-state index in [1.54, 1.807) is 0 Å². The molecule has 2 rings (SSSR count). The summed E-state index contributed by atoms with van der Waals surface area (Å²) in [6, 6.07) is 0. The highest BCUT2D eigenvalue weighted by Gasteiger charge is 2.36. The molecular formula is C7H8O3. The van der Waals surface area contributed by atoms with Crippen LogP contribution in [0.3, 0.4) is 0 Å². The molecule has 0 amide bonds. The van der Waals surface area contributed by atoms with E-state index in [1.807, 2.05) is 6.92 Å². The van der Waals surface area contributed by atoms with Crippen LogP contribution < -0.4 is 0 Å². The van der Waals surface area contributed by atoms with Gasteiger partial charge in [0.25, 0.3) is 0 Å².